The second-order valence-electron chi connectivity index (χ2n) is 4.67. The van der Waals surface area contributed by atoms with Gasteiger partial charge in [0.2, 0.25) is 5.89 Å². The molecule has 0 aliphatic carbocycles. The summed E-state index contributed by atoms with van der Waals surface area (Å²) in [6.07, 6.45) is 4.39. The molecule has 21 heavy (non-hydrogen) atoms. The van der Waals surface area contributed by atoms with E-state index in [0.717, 1.165) is 34.5 Å². The summed E-state index contributed by atoms with van der Waals surface area (Å²) in [4.78, 5) is 8.62. The monoisotopic (exact) mass is 283 g/mol. The number of ether oxygens (including phenoxy) is 1. The molecular formula is C16H17N3O2. The van der Waals surface area contributed by atoms with Gasteiger partial charge in [-0.15, -0.1) is 0 Å². The number of fused-ring (bicyclic) bond motifs is 1. The van der Waals surface area contributed by atoms with Crippen LogP contribution in [0.2, 0.25) is 0 Å². The van der Waals surface area contributed by atoms with E-state index < -0.39 is 0 Å². The Morgan fingerprint density at radius 2 is 2.14 bits per heavy atom. The second-order valence-corrected chi connectivity index (χ2v) is 4.67. The van der Waals surface area contributed by atoms with E-state index in [9.17, 15) is 0 Å². The highest BCUT2D eigenvalue weighted by Gasteiger charge is 2.06. The Morgan fingerprint density at radius 3 is 2.90 bits per heavy atom. The highest BCUT2D eigenvalue weighted by Crippen LogP contribution is 2.25. The third kappa shape index (κ3) is 2.81. The van der Waals surface area contributed by atoms with Crippen molar-refractivity contribution < 1.29 is 9.15 Å². The first-order valence-electron chi connectivity index (χ1n) is 6.90. The fourth-order valence-corrected chi connectivity index (χ4v) is 2.17. The number of rotatable bonds is 5. The topological polar surface area (TPSA) is 60.2 Å². The first kappa shape index (κ1) is 13.4. The third-order valence-corrected chi connectivity index (χ3v) is 3.33. The van der Waals surface area contributed by atoms with Gasteiger partial charge in [0.25, 0.3) is 0 Å². The Hall–Kier alpha value is -2.56. The van der Waals surface area contributed by atoms with Crippen molar-refractivity contribution in [3.8, 4) is 5.75 Å². The van der Waals surface area contributed by atoms with Gasteiger partial charge >= 0.3 is 0 Å². The molecule has 0 bridgehead atoms. The summed E-state index contributed by atoms with van der Waals surface area (Å²) in [5.41, 5.74) is 0. The molecule has 0 aliphatic rings. The maximum atomic E-state index is 5.59. The number of hydrogen-bond donors (Lipinski definition) is 1. The molecule has 0 radical (unpaired) electrons. The summed E-state index contributed by atoms with van der Waals surface area (Å²) in [7, 11) is 1.66. The molecule has 0 aliphatic heterocycles. The normalized spacial score (nSPS) is 10.8. The van der Waals surface area contributed by atoms with Crippen molar-refractivity contribution in [3.63, 3.8) is 0 Å². The predicted octanol–water partition coefficient (Wildman–Crippen LogP) is 3.41. The molecule has 2 heterocycles. The molecule has 3 aromatic rings. The SMILES string of the molecule is CCc1cnc(CNc2nccc3ccc(OC)cc23)o1. The van der Waals surface area contributed by atoms with Crippen molar-refractivity contribution in [1.82, 2.24) is 9.97 Å². The van der Waals surface area contributed by atoms with Gasteiger partial charge in [-0.3, -0.25) is 0 Å². The van der Waals surface area contributed by atoms with Crippen molar-refractivity contribution in [1.29, 1.82) is 0 Å². The summed E-state index contributed by atoms with van der Waals surface area (Å²) in [5.74, 6) is 3.15. The largest absolute Gasteiger partial charge is 0.497 e. The summed E-state index contributed by atoms with van der Waals surface area (Å²) in [6, 6.07) is 7.90. The predicted molar refractivity (Wildman–Crippen MR) is 81.5 cm³/mol. The lowest BCUT2D eigenvalue weighted by atomic mass is 10.1. The van der Waals surface area contributed by atoms with Gasteiger partial charge in [0.1, 0.15) is 17.3 Å². The quantitative estimate of drug-likeness (QED) is 0.777. The number of hydrogen-bond acceptors (Lipinski definition) is 5. The smallest absolute Gasteiger partial charge is 0.213 e. The van der Waals surface area contributed by atoms with Gasteiger partial charge < -0.3 is 14.5 Å². The van der Waals surface area contributed by atoms with Crippen LogP contribution in [0, 0.1) is 0 Å². The van der Waals surface area contributed by atoms with Crippen LogP contribution in [-0.4, -0.2) is 17.1 Å². The van der Waals surface area contributed by atoms with E-state index in [-0.39, 0.29) is 0 Å². The molecule has 5 heteroatoms. The first-order valence-corrected chi connectivity index (χ1v) is 6.90. The minimum atomic E-state index is 0.503. The van der Waals surface area contributed by atoms with E-state index in [1.165, 1.54) is 0 Å². The molecular weight excluding hydrogens is 266 g/mol. The molecule has 0 unspecified atom stereocenters. The van der Waals surface area contributed by atoms with E-state index in [4.69, 9.17) is 9.15 Å². The van der Waals surface area contributed by atoms with Crippen molar-refractivity contribution in [3.05, 3.63) is 48.3 Å². The van der Waals surface area contributed by atoms with Crippen LogP contribution in [0.4, 0.5) is 5.82 Å². The van der Waals surface area contributed by atoms with Gasteiger partial charge in [-0.05, 0) is 23.6 Å². The van der Waals surface area contributed by atoms with Gasteiger partial charge in [0.15, 0.2) is 0 Å². The number of benzene rings is 1. The highest BCUT2D eigenvalue weighted by molar-refractivity contribution is 5.92. The minimum absolute atomic E-state index is 0.503. The Labute approximate surface area is 123 Å². The van der Waals surface area contributed by atoms with E-state index >= 15 is 0 Å². The van der Waals surface area contributed by atoms with E-state index in [1.807, 2.05) is 31.2 Å². The maximum absolute atomic E-state index is 5.59. The lowest BCUT2D eigenvalue weighted by Crippen LogP contribution is -2.02. The lowest BCUT2D eigenvalue weighted by Gasteiger charge is -2.08. The molecule has 2 aromatic heterocycles. The van der Waals surface area contributed by atoms with Gasteiger partial charge in [-0.1, -0.05) is 13.0 Å². The summed E-state index contributed by atoms with van der Waals surface area (Å²) < 4.78 is 10.9. The number of nitrogens with one attached hydrogen (secondary N) is 1. The summed E-state index contributed by atoms with van der Waals surface area (Å²) in [6.45, 7) is 2.54. The van der Waals surface area contributed by atoms with Gasteiger partial charge in [-0.2, -0.15) is 0 Å². The van der Waals surface area contributed by atoms with Crippen molar-refractivity contribution in [2.75, 3.05) is 12.4 Å². The highest BCUT2D eigenvalue weighted by atomic mass is 16.5. The fourth-order valence-electron chi connectivity index (χ4n) is 2.17. The molecule has 108 valence electrons. The Balaban J connectivity index is 1.85. The van der Waals surface area contributed by atoms with Gasteiger partial charge in [-0.25, -0.2) is 9.97 Å². The van der Waals surface area contributed by atoms with Crippen LogP contribution in [0.25, 0.3) is 10.8 Å². The van der Waals surface area contributed by atoms with Crippen LogP contribution in [-0.2, 0) is 13.0 Å². The lowest BCUT2D eigenvalue weighted by molar-refractivity contribution is 0.415. The molecule has 0 amide bonds. The molecule has 0 saturated carbocycles. The minimum Gasteiger partial charge on any atom is -0.497 e. The number of aromatic nitrogens is 2. The third-order valence-electron chi connectivity index (χ3n) is 3.33. The van der Waals surface area contributed by atoms with Crippen molar-refractivity contribution >= 4 is 16.6 Å². The molecule has 1 N–H and O–H groups in total. The average molecular weight is 283 g/mol. The fraction of sp³-hybridized carbons (Fsp3) is 0.250. The number of anilines is 1. The first-order chi connectivity index (χ1) is 10.3. The Morgan fingerprint density at radius 1 is 1.24 bits per heavy atom. The molecule has 0 spiro atoms. The van der Waals surface area contributed by atoms with E-state index in [0.29, 0.717) is 12.4 Å². The van der Waals surface area contributed by atoms with Gasteiger partial charge in [0.05, 0.1) is 19.9 Å². The van der Waals surface area contributed by atoms with E-state index in [2.05, 4.69) is 15.3 Å². The maximum Gasteiger partial charge on any atom is 0.213 e. The molecule has 5 nitrogen and oxygen atoms in total. The second kappa shape index (κ2) is 5.83. The molecule has 0 saturated heterocycles. The van der Waals surface area contributed by atoms with Crippen LogP contribution in [0.3, 0.4) is 0 Å². The molecule has 0 fully saturated rings. The zero-order valence-corrected chi connectivity index (χ0v) is 12.1. The van der Waals surface area contributed by atoms with Crippen LogP contribution in [0.5, 0.6) is 5.75 Å². The van der Waals surface area contributed by atoms with Crippen LogP contribution in [0.1, 0.15) is 18.6 Å². The number of methoxy groups -OCH3 is 1. The van der Waals surface area contributed by atoms with Gasteiger partial charge in [0, 0.05) is 18.0 Å². The zero-order chi connectivity index (χ0) is 14.7. The van der Waals surface area contributed by atoms with Crippen LogP contribution >= 0.6 is 0 Å². The van der Waals surface area contributed by atoms with Crippen molar-refractivity contribution in [2.24, 2.45) is 0 Å². The Kier molecular flexibility index (Phi) is 3.73. The number of nitrogens with zero attached hydrogens (tertiary/aromatic N) is 2. The van der Waals surface area contributed by atoms with E-state index in [1.54, 1.807) is 19.5 Å². The Bertz CT molecular complexity index is 752. The van der Waals surface area contributed by atoms with Crippen molar-refractivity contribution in [2.45, 2.75) is 19.9 Å². The molecule has 0 atom stereocenters. The zero-order valence-electron chi connectivity index (χ0n) is 12.1. The number of oxazole rings is 1. The summed E-state index contributed by atoms with van der Waals surface area (Å²) >= 11 is 0. The molecule has 1 aromatic carbocycles. The van der Waals surface area contributed by atoms with Crippen LogP contribution < -0.4 is 10.1 Å². The van der Waals surface area contributed by atoms with Crippen LogP contribution in [0.15, 0.2) is 41.1 Å². The summed E-state index contributed by atoms with van der Waals surface area (Å²) in [5, 5.41) is 5.39. The average Bonchev–Trinajstić information content (AvgIpc) is 3.00. The number of aryl methyl sites for hydroxylation is 1. The number of pyridine rings is 1. The standard InChI is InChI=1S/C16H17N3O2/c1-3-12-9-18-15(21-12)10-19-16-14-8-13(20-2)5-4-11(14)6-7-17-16/h4-9H,3,10H2,1-2H3,(H,17,19). The molecule has 3 rings (SSSR count).